The maximum absolute atomic E-state index is 9.14. The lowest BCUT2D eigenvalue weighted by Crippen LogP contribution is -2.39. The molecule has 6 heteroatoms. The van der Waals surface area contributed by atoms with Gasteiger partial charge in [-0.2, -0.15) is 5.26 Å². The Kier molecular flexibility index (Phi) is 5.38. The summed E-state index contributed by atoms with van der Waals surface area (Å²) in [6.45, 7) is 2.86. The van der Waals surface area contributed by atoms with Crippen LogP contribution >= 0.6 is 0 Å². The predicted molar refractivity (Wildman–Crippen MR) is 106 cm³/mol. The molecule has 28 heavy (non-hydrogen) atoms. The zero-order valence-corrected chi connectivity index (χ0v) is 15.8. The third kappa shape index (κ3) is 3.91. The number of morpholine rings is 1. The summed E-state index contributed by atoms with van der Waals surface area (Å²) in [7, 11) is 1.66. The number of imidazole rings is 1. The van der Waals surface area contributed by atoms with E-state index in [1.54, 1.807) is 7.11 Å². The molecule has 0 bridgehead atoms. The van der Waals surface area contributed by atoms with E-state index in [2.05, 4.69) is 27.0 Å². The molecule has 2 heterocycles. The number of nitrogens with zero attached hydrogens (tertiary/aromatic N) is 3. The number of hydrogen-bond donors (Lipinski definition) is 1. The van der Waals surface area contributed by atoms with Crippen molar-refractivity contribution in [3.63, 3.8) is 0 Å². The number of nitrogens with one attached hydrogen (secondary N) is 1. The molecule has 142 valence electrons. The van der Waals surface area contributed by atoms with E-state index in [1.807, 2.05) is 48.7 Å². The van der Waals surface area contributed by atoms with Gasteiger partial charge in [0, 0.05) is 13.1 Å². The Morgan fingerprint density at radius 2 is 2.14 bits per heavy atom. The van der Waals surface area contributed by atoms with Gasteiger partial charge in [0.15, 0.2) is 0 Å². The van der Waals surface area contributed by atoms with E-state index in [9.17, 15) is 0 Å². The van der Waals surface area contributed by atoms with Gasteiger partial charge in [0.1, 0.15) is 11.6 Å². The average Bonchev–Trinajstić information content (AvgIpc) is 3.24. The number of aromatic nitrogens is 2. The molecule has 1 fully saturated rings. The zero-order valence-electron chi connectivity index (χ0n) is 15.8. The van der Waals surface area contributed by atoms with Gasteiger partial charge in [-0.05, 0) is 47.5 Å². The van der Waals surface area contributed by atoms with E-state index in [0.717, 1.165) is 41.5 Å². The van der Waals surface area contributed by atoms with Gasteiger partial charge in [0.25, 0.3) is 0 Å². The van der Waals surface area contributed by atoms with Gasteiger partial charge in [-0.1, -0.05) is 12.1 Å². The second kappa shape index (κ2) is 8.26. The minimum absolute atomic E-state index is 0.0477. The van der Waals surface area contributed by atoms with Crippen LogP contribution in [0.15, 0.2) is 54.7 Å². The summed E-state index contributed by atoms with van der Waals surface area (Å²) in [6, 6.07) is 17.9. The third-order valence-electron chi connectivity index (χ3n) is 4.99. The van der Waals surface area contributed by atoms with Gasteiger partial charge >= 0.3 is 0 Å². The van der Waals surface area contributed by atoms with Crippen LogP contribution in [0.4, 0.5) is 0 Å². The largest absolute Gasteiger partial charge is 0.497 e. The van der Waals surface area contributed by atoms with Crippen molar-refractivity contribution in [2.45, 2.75) is 12.6 Å². The minimum atomic E-state index is 0.0477. The highest BCUT2D eigenvalue weighted by Crippen LogP contribution is 2.27. The first-order valence-corrected chi connectivity index (χ1v) is 9.27. The molecule has 0 aliphatic carbocycles. The Morgan fingerprint density at radius 1 is 1.29 bits per heavy atom. The monoisotopic (exact) mass is 374 g/mol. The van der Waals surface area contributed by atoms with Crippen LogP contribution in [0.3, 0.4) is 0 Å². The van der Waals surface area contributed by atoms with Crippen LogP contribution in [0, 0.1) is 11.3 Å². The number of benzene rings is 2. The summed E-state index contributed by atoms with van der Waals surface area (Å²) >= 11 is 0. The Bertz CT molecular complexity index is 975. The molecule has 6 nitrogen and oxygen atoms in total. The molecule has 1 N–H and O–H groups in total. The van der Waals surface area contributed by atoms with Crippen LogP contribution in [-0.4, -0.2) is 41.7 Å². The van der Waals surface area contributed by atoms with Crippen molar-refractivity contribution in [1.29, 1.82) is 5.26 Å². The topological polar surface area (TPSA) is 74.2 Å². The SMILES string of the molecule is COc1ccc(-c2cnc([C@@H]3COCCN3Cc3cccc(C#N)c3)[nH]2)cc1. The first-order chi connectivity index (χ1) is 13.8. The summed E-state index contributed by atoms with van der Waals surface area (Å²) in [6.07, 6.45) is 1.86. The van der Waals surface area contributed by atoms with Crippen molar-refractivity contribution in [1.82, 2.24) is 14.9 Å². The number of H-pyrrole nitrogens is 1. The number of nitriles is 1. The number of rotatable bonds is 5. The quantitative estimate of drug-likeness (QED) is 0.739. The van der Waals surface area contributed by atoms with Gasteiger partial charge in [-0.25, -0.2) is 4.98 Å². The lowest BCUT2D eigenvalue weighted by molar-refractivity contribution is -0.0156. The zero-order chi connectivity index (χ0) is 19.3. The fourth-order valence-corrected chi connectivity index (χ4v) is 3.48. The first-order valence-electron chi connectivity index (χ1n) is 9.27. The molecule has 0 unspecified atom stereocenters. The smallest absolute Gasteiger partial charge is 0.126 e. The summed E-state index contributed by atoms with van der Waals surface area (Å²) in [5.41, 5.74) is 3.83. The minimum Gasteiger partial charge on any atom is -0.497 e. The molecule has 1 aliphatic heterocycles. The molecule has 0 saturated carbocycles. The second-order valence-corrected chi connectivity index (χ2v) is 6.78. The molecule has 3 aromatic rings. The standard InChI is InChI=1S/C22H22N4O2/c1-27-19-7-5-18(6-8-19)20-13-24-22(25-20)21-15-28-10-9-26(21)14-17-4-2-3-16(11-17)12-23/h2-8,11,13,21H,9-10,14-15H2,1H3,(H,24,25)/t21-/m0/s1. The molecule has 0 radical (unpaired) electrons. The van der Waals surface area contributed by atoms with E-state index in [4.69, 9.17) is 14.7 Å². The fraction of sp³-hybridized carbons (Fsp3) is 0.273. The summed E-state index contributed by atoms with van der Waals surface area (Å²) < 4.78 is 10.9. The lowest BCUT2D eigenvalue weighted by Gasteiger charge is -2.34. The van der Waals surface area contributed by atoms with Crippen molar-refractivity contribution in [3.05, 3.63) is 71.7 Å². The molecule has 0 spiro atoms. The molecule has 1 aromatic heterocycles. The van der Waals surface area contributed by atoms with Crippen molar-refractivity contribution in [3.8, 4) is 23.1 Å². The molecule has 1 saturated heterocycles. The molecule has 4 rings (SSSR count). The van der Waals surface area contributed by atoms with E-state index in [1.165, 1.54) is 0 Å². The molecular weight excluding hydrogens is 352 g/mol. The Balaban J connectivity index is 1.54. The van der Waals surface area contributed by atoms with Crippen molar-refractivity contribution in [2.24, 2.45) is 0 Å². The summed E-state index contributed by atoms with van der Waals surface area (Å²) in [5.74, 6) is 1.72. The Labute approximate surface area is 164 Å². The van der Waals surface area contributed by atoms with E-state index >= 15 is 0 Å². The second-order valence-electron chi connectivity index (χ2n) is 6.78. The highest BCUT2D eigenvalue weighted by molar-refractivity contribution is 5.59. The third-order valence-corrected chi connectivity index (χ3v) is 4.99. The maximum Gasteiger partial charge on any atom is 0.126 e. The predicted octanol–water partition coefficient (Wildman–Crippen LogP) is 3.53. The van der Waals surface area contributed by atoms with E-state index < -0.39 is 0 Å². The molecular formula is C22H22N4O2. The van der Waals surface area contributed by atoms with Crippen molar-refractivity contribution in [2.75, 3.05) is 26.9 Å². The summed E-state index contributed by atoms with van der Waals surface area (Å²) in [4.78, 5) is 10.4. The number of methoxy groups -OCH3 is 1. The Hall–Kier alpha value is -3.14. The van der Waals surface area contributed by atoms with E-state index in [-0.39, 0.29) is 6.04 Å². The van der Waals surface area contributed by atoms with Gasteiger partial charge in [-0.15, -0.1) is 0 Å². The summed E-state index contributed by atoms with van der Waals surface area (Å²) in [5, 5.41) is 9.14. The molecule has 2 aromatic carbocycles. The van der Waals surface area contributed by atoms with Gasteiger partial charge in [0.2, 0.25) is 0 Å². The molecule has 1 atom stereocenters. The molecule has 0 amide bonds. The van der Waals surface area contributed by atoms with Crippen LogP contribution in [0.2, 0.25) is 0 Å². The van der Waals surface area contributed by atoms with Crippen LogP contribution < -0.4 is 4.74 Å². The van der Waals surface area contributed by atoms with Crippen molar-refractivity contribution < 1.29 is 9.47 Å². The van der Waals surface area contributed by atoms with Crippen molar-refractivity contribution >= 4 is 0 Å². The number of hydrogen-bond acceptors (Lipinski definition) is 5. The van der Waals surface area contributed by atoms with Crippen LogP contribution in [0.25, 0.3) is 11.3 Å². The van der Waals surface area contributed by atoms with Gasteiger partial charge in [-0.3, -0.25) is 4.90 Å². The Morgan fingerprint density at radius 3 is 2.93 bits per heavy atom. The maximum atomic E-state index is 9.14. The highest BCUT2D eigenvalue weighted by Gasteiger charge is 2.27. The number of ether oxygens (including phenoxy) is 2. The van der Waals surface area contributed by atoms with E-state index in [0.29, 0.717) is 18.8 Å². The average molecular weight is 374 g/mol. The fourth-order valence-electron chi connectivity index (χ4n) is 3.48. The highest BCUT2D eigenvalue weighted by atomic mass is 16.5. The molecule has 1 aliphatic rings. The van der Waals surface area contributed by atoms with Crippen LogP contribution in [0.1, 0.15) is 23.0 Å². The van der Waals surface area contributed by atoms with Gasteiger partial charge in [0.05, 0.1) is 49.9 Å². The van der Waals surface area contributed by atoms with Gasteiger partial charge < -0.3 is 14.5 Å². The normalized spacial score (nSPS) is 17.2. The van der Waals surface area contributed by atoms with Crippen LogP contribution in [0.5, 0.6) is 5.75 Å². The first kappa shape index (κ1) is 18.2. The lowest BCUT2D eigenvalue weighted by atomic mass is 10.1. The van der Waals surface area contributed by atoms with Crippen LogP contribution in [-0.2, 0) is 11.3 Å². The number of aromatic amines is 1.